The van der Waals surface area contributed by atoms with Crippen LogP contribution in [0.2, 0.25) is 0 Å². The zero-order valence-electron chi connectivity index (χ0n) is 12.5. The van der Waals surface area contributed by atoms with Gasteiger partial charge in [-0.25, -0.2) is 8.42 Å². The van der Waals surface area contributed by atoms with Crippen molar-refractivity contribution in [2.75, 3.05) is 39.3 Å². The van der Waals surface area contributed by atoms with E-state index in [4.69, 9.17) is 0 Å². The van der Waals surface area contributed by atoms with Gasteiger partial charge in [0.05, 0.1) is 4.90 Å². The number of piperazine rings is 1. The molecule has 1 unspecified atom stereocenters. The van der Waals surface area contributed by atoms with Crippen LogP contribution in [0.15, 0.2) is 29.2 Å². The van der Waals surface area contributed by atoms with Crippen LogP contribution in [0.3, 0.4) is 0 Å². The van der Waals surface area contributed by atoms with Crippen LogP contribution >= 0.6 is 0 Å². The van der Waals surface area contributed by atoms with Crippen molar-refractivity contribution in [1.82, 2.24) is 14.5 Å². The molecular weight excluding hydrogens is 286 g/mol. The Morgan fingerprint density at radius 2 is 1.86 bits per heavy atom. The van der Waals surface area contributed by atoms with Crippen molar-refractivity contribution in [3.8, 4) is 0 Å². The molecule has 2 saturated heterocycles. The lowest BCUT2D eigenvalue weighted by Gasteiger charge is -2.37. The highest BCUT2D eigenvalue weighted by atomic mass is 32.2. The SMILES string of the molecule is Cc1ccccc1S(=O)(=O)N1CCN(C2CCNC2)CC1. The molecule has 2 heterocycles. The molecule has 0 amide bonds. The van der Waals surface area contributed by atoms with E-state index in [0.29, 0.717) is 24.0 Å². The fraction of sp³-hybridized carbons (Fsp3) is 0.600. The maximum Gasteiger partial charge on any atom is 0.243 e. The quantitative estimate of drug-likeness (QED) is 0.891. The summed E-state index contributed by atoms with van der Waals surface area (Å²) < 4.78 is 27.1. The third-order valence-corrected chi connectivity index (χ3v) is 6.59. The normalized spacial score (nSPS) is 25.3. The molecule has 5 nitrogen and oxygen atoms in total. The Morgan fingerprint density at radius 1 is 1.14 bits per heavy atom. The molecule has 1 N–H and O–H groups in total. The largest absolute Gasteiger partial charge is 0.315 e. The summed E-state index contributed by atoms with van der Waals surface area (Å²) in [6.45, 7) is 6.81. The van der Waals surface area contributed by atoms with E-state index in [-0.39, 0.29) is 0 Å². The highest BCUT2D eigenvalue weighted by Crippen LogP contribution is 2.22. The number of sulfonamides is 1. The van der Waals surface area contributed by atoms with Gasteiger partial charge < -0.3 is 5.32 Å². The van der Waals surface area contributed by atoms with Crippen LogP contribution in [-0.4, -0.2) is 62.9 Å². The summed E-state index contributed by atoms with van der Waals surface area (Å²) in [5, 5.41) is 3.37. The lowest BCUT2D eigenvalue weighted by Crippen LogP contribution is -2.52. The van der Waals surface area contributed by atoms with E-state index in [2.05, 4.69) is 10.2 Å². The number of rotatable bonds is 3. The molecule has 0 saturated carbocycles. The minimum atomic E-state index is -3.35. The molecule has 2 aliphatic heterocycles. The highest BCUT2D eigenvalue weighted by Gasteiger charge is 2.32. The van der Waals surface area contributed by atoms with Crippen molar-refractivity contribution >= 4 is 10.0 Å². The first kappa shape index (κ1) is 15.0. The lowest BCUT2D eigenvalue weighted by molar-refractivity contribution is 0.145. The minimum Gasteiger partial charge on any atom is -0.315 e. The highest BCUT2D eigenvalue weighted by molar-refractivity contribution is 7.89. The Morgan fingerprint density at radius 3 is 2.48 bits per heavy atom. The molecule has 0 bridgehead atoms. The molecule has 0 aliphatic carbocycles. The first-order valence-corrected chi connectivity index (χ1v) is 9.03. The molecule has 21 heavy (non-hydrogen) atoms. The number of aryl methyl sites for hydroxylation is 1. The van der Waals surface area contributed by atoms with Gasteiger partial charge in [-0.05, 0) is 31.5 Å². The number of nitrogens with one attached hydrogen (secondary N) is 1. The molecule has 6 heteroatoms. The monoisotopic (exact) mass is 309 g/mol. The first-order valence-electron chi connectivity index (χ1n) is 7.59. The van der Waals surface area contributed by atoms with Crippen molar-refractivity contribution in [2.24, 2.45) is 0 Å². The second-order valence-electron chi connectivity index (χ2n) is 5.85. The average molecular weight is 309 g/mol. The first-order chi connectivity index (χ1) is 10.1. The molecule has 0 radical (unpaired) electrons. The molecule has 1 aromatic carbocycles. The van der Waals surface area contributed by atoms with Gasteiger partial charge >= 0.3 is 0 Å². The molecule has 0 aromatic heterocycles. The zero-order chi connectivity index (χ0) is 14.9. The van der Waals surface area contributed by atoms with Crippen molar-refractivity contribution in [2.45, 2.75) is 24.3 Å². The van der Waals surface area contributed by atoms with E-state index < -0.39 is 10.0 Å². The van der Waals surface area contributed by atoms with E-state index in [1.54, 1.807) is 16.4 Å². The van der Waals surface area contributed by atoms with E-state index >= 15 is 0 Å². The molecule has 0 spiro atoms. The van der Waals surface area contributed by atoms with Crippen LogP contribution in [-0.2, 0) is 10.0 Å². The second kappa shape index (κ2) is 6.04. The van der Waals surface area contributed by atoms with Gasteiger partial charge in [-0.3, -0.25) is 4.90 Å². The Hall–Kier alpha value is -0.950. The Labute approximate surface area is 127 Å². The van der Waals surface area contributed by atoms with Crippen molar-refractivity contribution < 1.29 is 8.42 Å². The van der Waals surface area contributed by atoms with Gasteiger partial charge in [0, 0.05) is 38.8 Å². The lowest BCUT2D eigenvalue weighted by atomic mass is 10.2. The zero-order valence-corrected chi connectivity index (χ0v) is 13.3. The summed E-state index contributed by atoms with van der Waals surface area (Å²) in [6.07, 6.45) is 1.17. The number of hydrogen-bond acceptors (Lipinski definition) is 4. The van der Waals surface area contributed by atoms with Crippen molar-refractivity contribution in [1.29, 1.82) is 0 Å². The van der Waals surface area contributed by atoms with Crippen LogP contribution in [0.5, 0.6) is 0 Å². The summed E-state index contributed by atoms with van der Waals surface area (Å²) in [7, 11) is -3.35. The van der Waals surface area contributed by atoms with Gasteiger partial charge in [-0.2, -0.15) is 4.31 Å². The number of hydrogen-bond donors (Lipinski definition) is 1. The standard InChI is InChI=1S/C15H23N3O2S/c1-13-4-2-3-5-15(13)21(19,20)18-10-8-17(9-11-18)14-6-7-16-12-14/h2-5,14,16H,6-12H2,1H3. The van der Waals surface area contributed by atoms with Gasteiger partial charge in [0.1, 0.15) is 0 Å². The van der Waals surface area contributed by atoms with Crippen molar-refractivity contribution in [3.63, 3.8) is 0 Å². The summed E-state index contributed by atoms with van der Waals surface area (Å²) in [4.78, 5) is 2.87. The predicted molar refractivity (Wildman–Crippen MR) is 82.8 cm³/mol. The Kier molecular flexibility index (Phi) is 4.31. The van der Waals surface area contributed by atoms with Crippen LogP contribution in [0.4, 0.5) is 0 Å². The average Bonchev–Trinajstić information content (AvgIpc) is 3.02. The summed E-state index contributed by atoms with van der Waals surface area (Å²) in [5.74, 6) is 0. The van der Waals surface area contributed by atoms with E-state index in [9.17, 15) is 8.42 Å². The number of benzene rings is 1. The van der Waals surface area contributed by atoms with Crippen LogP contribution in [0.1, 0.15) is 12.0 Å². The molecule has 2 aliphatic rings. The van der Waals surface area contributed by atoms with Gasteiger partial charge in [-0.1, -0.05) is 18.2 Å². The Balaban J connectivity index is 1.70. The van der Waals surface area contributed by atoms with Gasteiger partial charge in [-0.15, -0.1) is 0 Å². The van der Waals surface area contributed by atoms with Gasteiger partial charge in [0.2, 0.25) is 10.0 Å². The maximum absolute atomic E-state index is 12.7. The molecule has 1 aromatic rings. The maximum atomic E-state index is 12.7. The smallest absolute Gasteiger partial charge is 0.243 e. The molecular formula is C15H23N3O2S. The number of nitrogens with zero attached hydrogens (tertiary/aromatic N) is 2. The Bertz CT molecular complexity index is 589. The molecule has 1 atom stereocenters. The fourth-order valence-electron chi connectivity index (χ4n) is 3.25. The molecule has 2 fully saturated rings. The third-order valence-electron chi connectivity index (χ3n) is 4.54. The second-order valence-corrected chi connectivity index (χ2v) is 7.76. The summed E-state index contributed by atoms with van der Waals surface area (Å²) in [6, 6.07) is 7.80. The van der Waals surface area contributed by atoms with Gasteiger partial charge in [0.15, 0.2) is 0 Å². The van der Waals surface area contributed by atoms with E-state index in [0.717, 1.165) is 31.7 Å². The van der Waals surface area contributed by atoms with Crippen molar-refractivity contribution in [3.05, 3.63) is 29.8 Å². The van der Waals surface area contributed by atoms with E-state index in [1.165, 1.54) is 6.42 Å². The summed E-state index contributed by atoms with van der Waals surface area (Å²) in [5.41, 5.74) is 0.819. The topological polar surface area (TPSA) is 52.7 Å². The molecule has 3 rings (SSSR count). The van der Waals surface area contributed by atoms with Crippen LogP contribution in [0, 0.1) is 6.92 Å². The molecule has 116 valence electrons. The van der Waals surface area contributed by atoms with E-state index in [1.807, 2.05) is 19.1 Å². The minimum absolute atomic E-state index is 0.445. The predicted octanol–water partition coefficient (Wildman–Crippen LogP) is 0.663. The van der Waals surface area contributed by atoms with Crippen LogP contribution in [0.25, 0.3) is 0 Å². The van der Waals surface area contributed by atoms with Crippen LogP contribution < -0.4 is 5.32 Å². The third kappa shape index (κ3) is 2.99. The fourth-order valence-corrected chi connectivity index (χ4v) is 4.89. The van der Waals surface area contributed by atoms with Gasteiger partial charge in [0.25, 0.3) is 0 Å². The summed E-state index contributed by atoms with van der Waals surface area (Å²) >= 11 is 0.